The van der Waals surface area contributed by atoms with Crippen molar-refractivity contribution in [1.29, 1.82) is 0 Å². The molecule has 16 heavy (non-hydrogen) atoms. The van der Waals surface area contributed by atoms with Gasteiger partial charge in [0.2, 0.25) is 5.91 Å². The maximum absolute atomic E-state index is 11.6. The second kappa shape index (κ2) is 5.61. The summed E-state index contributed by atoms with van der Waals surface area (Å²) >= 11 is 0. The molecule has 3 N–H and O–H groups in total. The Morgan fingerprint density at radius 3 is 2.94 bits per heavy atom. The molecule has 2 aliphatic rings. The van der Waals surface area contributed by atoms with Gasteiger partial charge < -0.3 is 15.8 Å². The molecule has 2 fully saturated rings. The molecule has 5 heteroatoms. The summed E-state index contributed by atoms with van der Waals surface area (Å²) < 4.78 is 5.61. The van der Waals surface area contributed by atoms with Crippen molar-refractivity contribution < 1.29 is 9.53 Å². The van der Waals surface area contributed by atoms with Gasteiger partial charge in [-0.15, -0.1) is 0 Å². The number of carbonyl (C=O) groups excluding carboxylic acids is 1. The van der Waals surface area contributed by atoms with E-state index in [1.54, 1.807) is 0 Å². The van der Waals surface area contributed by atoms with Crippen molar-refractivity contribution >= 4 is 5.91 Å². The Labute approximate surface area is 96.3 Å². The standard InChI is InChI=1S/C11H21N3O2/c12-11(15)10(9-3-1-8-16-9)14-6-2-4-13-5-7-14/h9-10,13H,1-8H2,(H2,12,15). The Kier molecular flexibility index (Phi) is 4.15. The fraction of sp³-hybridized carbons (Fsp3) is 0.909. The van der Waals surface area contributed by atoms with E-state index < -0.39 is 0 Å². The molecule has 5 nitrogen and oxygen atoms in total. The lowest BCUT2D eigenvalue weighted by Gasteiger charge is -2.31. The first kappa shape index (κ1) is 11.8. The van der Waals surface area contributed by atoms with Gasteiger partial charge in [0.15, 0.2) is 0 Å². The predicted octanol–water partition coefficient (Wildman–Crippen LogP) is -0.685. The van der Waals surface area contributed by atoms with Crippen LogP contribution in [0.3, 0.4) is 0 Å². The maximum Gasteiger partial charge on any atom is 0.237 e. The average molecular weight is 227 g/mol. The van der Waals surface area contributed by atoms with Gasteiger partial charge in [-0.2, -0.15) is 0 Å². The summed E-state index contributed by atoms with van der Waals surface area (Å²) in [5, 5.41) is 3.33. The van der Waals surface area contributed by atoms with E-state index in [9.17, 15) is 4.79 Å². The van der Waals surface area contributed by atoms with Crippen LogP contribution in [-0.4, -0.2) is 55.7 Å². The molecule has 1 amide bonds. The van der Waals surface area contributed by atoms with E-state index in [4.69, 9.17) is 10.5 Å². The maximum atomic E-state index is 11.6. The van der Waals surface area contributed by atoms with Gasteiger partial charge in [0.25, 0.3) is 0 Å². The Morgan fingerprint density at radius 1 is 1.38 bits per heavy atom. The van der Waals surface area contributed by atoms with E-state index in [1.165, 1.54) is 0 Å². The third-order valence-electron chi connectivity index (χ3n) is 3.38. The van der Waals surface area contributed by atoms with Crippen molar-refractivity contribution in [2.45, 2.75) is 31.4 Å². The molecule has 0 aromatic heterocycles. The minimum absolute atomic E-state index is 0.00981. The molecule has 2 saturated heterocycles. The smallest absolute Gasteiger partial charge is 0.237 e. The van der Waals surface area contributed by atoms with Crippen LogP contribution >= 0.6 is 0 Å². The van der Waals surface area contributed by atoms with Crippen LogP contribution in [0.4, 0.5) is 0 Å². The van der Waals surface area contributed by atoms with Crippen LogP contribution in [0.25, 0.3) is 0 Å². The Morgan fingerprint density at radius 2 is 2.25 bits per heavy atom. The number of nitrogens with zero attached hydrogens (tertiary/aromatic N) is 1. The highest BCUT2D eigenvalue weighted by atomic mass is 16.5. The third-order valence-corrected chi connectivity index (χ3v) is 3.38. The number of nitrogens with one attached hydrogen (secondary N) is 1. The molecule has 0 saturated carbocycles. The fourth-order valence-electron chi connectivity index (χ4n) is 2.59. The summed E-state index contributed by atoms with van der Waals surface area (Å²) in [6.45, 7) is 4.53. The monoisotopic (exact) mass is 227 g/mol. The zero-order valence-electron chi connectivity index (χ0n) is 9.65. The summed E-state index contributed by atoms with van der Waals surface area (Å²) in [6, 6.07) is -0.234. The van der Waals surface area contributed by atoms with Crippen LogP contribution in [0, 0.1) is 0 Å². The van der Waals surface area contributed by atoms with E-state index >= 15 is 0 Å². The first-order valence-electron chi connectivity index (χ1n) is 6.15. The highest BCUT2D eigenvalue weighted by molar-refractivity contribution is 5.80. The number of carbonyl (C=O) groups is 1. The highest BCUT2D eigenvalue weighted by Crippen LogP contribution is 2.20. The minimum atomic E-state index is -0.242. The summed E-state index contributed by atoms with van der Waals surface area (Å²) in [6.07, 6.45) is 3.07. The predicted molar refractivity (Wildman–Crippen MR) is 61.0 cm³/mol. The number of nitrogens with two attached hydrogens (primary N) is 1. The summed E-state index contributed by atoms with van der Waals surface area (Å²) in [5.41, 5.74) is 5.52. The molecular weight excluding hydrogens is 206 g/mol. The molecule has 0 radical (unpaired) electrons. The summed E-state index contributed by atoms with van der Waals surface area (Å²) in [4.78, 5) is 13.8. The van der Waals surface area contributed by atoms with Gasteiger partial charge in [0.05, 0.1) is 6.10 Å². The van der Waals surface area contributed by atoms with Gasteiger partial charge in [-0.1, -0.05) is 0 Å². The number of amides is 1. The van der Waals surface area contributed by atoms with Crippen LogP contribution in [-0.2, 0) is 9.53 Å². The second-order valence-corrected chi connectivity index (χ2v) is 4.54. The largest absolute Gasteiger partial charge is 0.376 e. The minimum Gasteiger partial charge on any atom is -0.376 e. The molecule has 92 valence electrons. The van der Waals surface area contributed by atoms with Gasteiger partial charge >= 0.3 is 0 Å². The Balaban J connectivity index is 2.01. The van der Waals surface area contributed by atoms with Crippen molar-refractivity contribution in [3.05, 3.63) is 0 Å². The lowest BCUT2D eigenvalue weighted by atomic mass is 10.1. The lowest BCUT2D eigenvalue weighted by molar-refractivity contribution is -0.127. The molecule has 2 atom stereocenters. The first-order chi connectivity index (χ1) is 7.79. The van der Waals surface area contributed by atoms with Gasteiger partial charge in [-0.05, 0) is 25.8 Å². The quantitative estimate of drug-likeness (QED) is 0.670. The zero-order valence-corrected chi connectivity index (χ0v) is 9.65. The Hall–Kier alpha value is -0.650. The SMILES string of the molecule is NC(=O)C(C1CCCO1)N1CCCNCC1. The molecule has 0 spiro atoms. The average Bonchev–Trinajstić information content (AvgIpc) is 2.62. The van der Waals surface area contributed by atoms with E-state index in [0.29, 0.717) is 0 Å². The lowest BCUT2D eigenvalue weighted by Crippen LogP contribution is -2.52. The molecule has 2 unspecified atom stereocenters. The normalized spacial score (nSPS) is 29.9. The van der Waals surface area contributed by atoms with E-state index in [-0.39, 0.29) is 18.1 Å². The molecule has 0 aromatic rings. The van der Waals surface area contributed by atoms with E-state index in [1.807, 2.05) is 0 Å². The molecule has 0 aliphatic carbocycles. The number of hydrogen-bond donors (Lipinski definition) is 2. The summed E-state index contributed by atoms with van der Waals surface area (Å²) in [5.74, 6) is -0.242. The molecule has 2 heterocycles. The van der Waals surface area contributed by atoms with Crippen LogP contribution in [0.15, 0.2) is 0 Å². The molecular formula is C11H21N3O2. The van der Waals surface area contributed by atoms with Crippen molar-refractivity contribution in [3.8, 4) is 0 Å². The van der Waals surface area contributed by atoms with E-state index in [2.05, 4.69) is 10.2 Å². The number of hydrogen-bond acceptors (Lipinski definition) is 4. The molecule has 0 bridgehead atoms. The summed E-state index contributed by atoms with van der Waals surface area (Å²) in [7, 11) is 0. The van der Waals surface area contributed by atoms with Crippen LogP contribution in [0.1, 0.15) is 19.3 Å². The van der Waals surface area contributed by atoms with Crippen molar-refractivity contribution in [1.82, 2.24) is 10.2 Å². The van der Waals surface area contributed by atoms with Crippen LogP contribution < -0.4 is 11.1 Å². The third kappa shape index (κ3) is 2.72. The topological polar surface area (TPSA) is 67.6 Å². The zero-order chi connectivity index (χ0) is 11.4. The van der Waals surface area contributed by atoms with Crippen molar-refractivity contribution in [2.75, 3.05) is 32.8 Å². The Bertz CT molecular complexity index is 233. The van der Waals surface area contributed by atoms with Crippen molar-refractivity contribution in [2.24, 2.45) is 5.73 Å². The van der Waals surface area contributed by atoms with Crippen LogP contribution in [0.5, 0.6) is 0 Å². The number of primary amides is 1. The number of ether oxygens (including phenoxy) is 1. The van der Waals surface area contributed by atoms with Crippen LogP contribution in [0.2, 0.25) is 0 Å². The fourth-order valence-corrected chi connectivity index (χ4v) is 2.59. The van der Waals surface area contributed by atoms with E-state index in [0.717, 1.165) is 52.0 Å². The van der Waals surface area contributed by atoms with Gasteiger partial charge in [-0.3, -0.25) is 9.69 Å². The molecule has 2 rings (SSSR count). The number of rotatable bonds is 3. The van der Waals surface area contributed by atoms with Gasteiger partial charge in [0, 0.05) is 26.2 Å². The van der Waals surface area contributed by atoms with Crippen molar-refractivity contribution in [3.63, 3.8) is 0 Å². The van der Waals surface area contributed by atoms with Gasteiger partial charge in [0.1, 0.15) is 6.04 Å². The highest BCUT2D eigenvalue weighted by Gasteiger charge is 2.34. The second-order valence-electron chi connectivity index (χ2n) is 4.54. The molecule has 0 aromatic carbocycles. The molecule has 2 aliphatic heterocycles. The first-order valence-corrected chi connectivity index (χ1v) is 6.15. The van der Waals surface area contributed by atoms with Gasteiger partial charge in [-0.25, -0.2) is 0 Å².